The van der Waals surface area contributed by atoms with Crippen LogP contribution in [0.4, 0.5) is 4.39 Å². The number of carbonyl (C=O) groups is 2. The van der Waals surface area contributed by atoms with Crippen molar-refractivity contribution in [2.75, 3.05) is 0 Å². The maximum Gasteiger partial charge on any atom is 0.372 e. The lowest BCUT2D eigenvalue weighted by molar-refractivity contribution is -0.149. The van der Waals surface area contributed by atoms with Crippen molar-refractivity contribution in [2.24, 2.45) is 5.73 Å². The maximum atomic E-state index is 13.8. The number of benzene rings is 2. The third-order valence-electron chi connectivity index (χ3n) is 3.38. The molecule has 4 nitrogen and oxygen atoms in total. The van der Waals surface area contributed by atoms with Crippen LogP contribution in [0.1, 0.15) is 12.0 Å². The Morgan fingerprint density at radius 2 is 1.83 bits per heavy atom. The van der Waals surface area contributed by atoms with Crippen LogP contribution in [0, 0.1) is 5.82 Å². The van der Waals surface area contributed by atoms with E-state index >= 15 is 0 Å². The highest BCUT2D eigenvalue weighted by atomic mass is 35.5. The summed E-state index contributed by atoms with van der Waals surface area (Å²) in [5.41, 5.74) is 7.68. The molecule has 3 N–H and O–H groups in total. The normalized spacial score (nSPS) is 12.0. The van der Waals surface area contributed by atoms with E-state index in [1.165, 1.54) is 12.1 Å². The van der Waals surface area contributed by atoms with E-state index in [0.717, 1.165) is 5.56 Å². The van der Waals surface area contributed by atoms with Gasteiger partial charge in [-0.2, -0.15) is 0 Å². The monoisotopic (exact) mass is 335 g/mol. The van der Waals surface area contributed by atoms with Crippen molar-refractivity contribution in [1.29, 1.82) is 0 Å². The third-order valence-corrected chi connectivity index (χ3v) is 3.61. The van der Waals surface area contributed by atoms with Crippen molar-refractivity contribution in [3.63, 3.8) is 0 Å². The standard InChI is InChI=1S/C17H15ClFNO3/c18-12-5-6-15(19)14(8-12)11-3-1-10(2-4-11)7-13(20)9-16(21)17(22)23/h1-6,8,13H,7,9,20H2,(H,22,23)/t13-/m1/s1. The Balaban J connectivity index is 2.09. The molecule has 0 saturated carbocycles. The number of carboxylic acid groups (broad SMARTS) is 1. The molecule has 0 unspecified atom stereocenters. The fraction of sp³-hybridized carbons (Fsp3) is 0.176. The summed E-state index contributed by atoms with van der Waals surface area (Å²) in [6, 6.07) is 10.7. The number of halogens is 2. The predicted molar refractivity (Wildman–Crippen MR) is 85.8 cm³/mol. The highest BCUT2D eigenvalue weighted by Gasteiger charge is 2.16. The molecule has 0 aliphatic rings. The van der Waals surface area contributed by atoms with E-state index < -0.39 is 17.8 Å². The maximum absolute atomic E-state index is 13.8. The van der Waals surface area contributed by atoms with Crippen LogP contribution in [-0.4, -0.2) is 22.9 Å². The minimum Gasteiger partial charge on any atom is -0.476 e. The van der Waals surface area contributed by atoms with Crippen molar-refractivity contribution < 1.29 is 19.1 Å². The second kappa shape index (κ2) is 7.35. The molecule has 0 bridgehead atoms. The Morgan fingerprint density at radius 1 is 1.17 bits per heavy atom. The number of nitrogens with two attached hydrogens (primary N) is 1. The zero-order valence-electron chi connectivity index (χ0n) is 12.1. The molecule has 0 aliphatic carbocycles. The smallest absolute Gasteiger partial charge is 0.372 e. The first-order valence-electron chi connectivity index (χ1n) is 6.93. The lowest BCUT2D eigenvalue weighted by Crippen LogP contribution is -2.29. The third kappa shape index (κ3) is 4.61. The molecular formula is C17H15ClFNO3. The molecule has 0 fully saturated rings. The fourth-order valence-corrected chi connectivity index (χ4v) is 2.41. The van der Waals surface area contributed by atoms with Gasteiger partial charge in [-0.25, -0.2) is 9.18 Å². The van der Waals surface area contributed by atoms with Crippen LogP contribution in [0.2, 0.25) is 5.02 Å². The second-order valence-corrected chi connectivity index (χ2v) is 5.65. The van der Waals surface area contributed by atoms with Gasteiger partial charge in [0.2, 0.25) is 5.78 Å². The summed E-state index contributed by atoms with van der Waals surface area (Å²) in [4.78, 5) is 21.6. The van der Waals surface area contributed by atoms with Gasteiger partial charge in [-0.1, -0.05) is 35.9 Å². The second-order valence-electron chi connectivity index (χ2n) is 5.22. The average molecular weight is 336 g/mol. The number of carboxylic acids is 1. The van der Waals surface area contributed by atoms with Crippen molar-refractivity contribution in [3.8, 4) is 11.1 Å². The predicted octanol–water partition coefficient (Wildman–Crippen LogP) is 3.06. The summed E-state index contributed by atoms with van der Waals surface area (Å²) < 4.78 is 13.8. The Morgan fingerprint density at radius 3 is 2.43 bits per heavy atom. The number of hydrogen-bond donors (Lipinski definition) is 2. The van der Waals surface area contributed by atoms with Crippen LogP contribution in [-0.2, 0) is 16.0 Å². The first kappa shape index (κ1) is 17.1. The van der Waals surface area contributed by atoms with Crippen LogP contribution >= 0.6 is 11.6 Å². The van der Waals surface area contributed by atoms with Gasteiger partial charge >= 0.3 is 5.97 Å². The Labute approximate surface area is 137 Å². The first-order chi connectivity index (χ1) is 10.9. The summed E-state index contributed by atoms with van der Waals surface area (Å²) in [6.45, 7) is 0. The Bertz CT molecular complexity index is 731. The van der Waals surface area contributed by atoms with Gasteiger partial charge in [-0.15, -0.1) is 0 Å². The lowest BCUT2D eigenvalue weighted by atomic mass is 9.98. The van der Waals surface area contributed by atoms with Crippen LogP contribution in [0.15, 0.2) is 42.5 Å². The van der Waals surface area contributed by atoms with Gasteiger partial charge in [0.05, 0.1) is 0 Å². The van der Waals surface area contributed by atoms with E-state index in [9.17, 15) is 14.0 Å². The van der Waals surface area contributed by atoms with Gasteiger partial charge in [0.15, 0.2) is 0 Å². The minimum absolute atomic E-state index is 0.222. The summed E-state index contributed by atoms with van der Waals surface area (Å²) >= 11 is 5.88. The van der Waals surface area contributed by atoms with E-state index in [0.29, 0.717) is 22.6 Å². The number of aliphatic carboxylic acids is 1. The molecule has 0 amide bonds. The molecular weight excluding hydrogens is 321 g/mol. The molecule has 23 heavy (non-hydrogen) atoms. The van der Waals surface area contributed by atoms with Crippen molar-refractivity contribution in [3.05, 3.63) is 58.9 Å². The van der Waals surface area contributed by atoms with Crippen molar-refractivity contribution in [1.82, 2.24) is 0 Å². The van der Waals surface area contributed by atoms with E-state index in [-0.39, 0.29) is 12.2 Å². The Kier molecular flexibility index (Phi) is 5.47. The molecule has 0 aromatic heterocycles. The zero-order valence-corrected chi connectivity index (χ0v) is 12.9. The van der Waals surface area contributed by atoms with Crippen LogP contribution < -0.4 is 5.73 Å². The number of carbonyl (C=O) groups excluding carboxylic acids is 1. The molecule has 0 spiro atoms. The molecule has 0 aliphatic heterocycles. The molecule has 0 radical (unpaired) electrons. The minimum atomic E-state index is -1.48. The summed E-state index contributed by atoms with van der Waals surface area (Å²) in [5, 5.41) is 9.00. The van der Waals surface area contributed by atoms with Crippen molar-refractivity contribution in [2.45, 2.75) is 18.9 Å². The van der Waals surface area contributed by atoms with E-state index in [4.69, 9.17) is 22.4 Å². The highest BCUT2D eigenvalue weighted by Crippen LogP contribution is 2.26. The highest BCUT2D eigenvalue weighted by molar-refractivity contribution is 6.32. The number of rotatable bonds is 6. The largest absolute Gasteiger partial charge is 0.476 e. The van der Waals surface area contributed by atoms with Gasteiger partial charge in [0.25, 0.3) is 0 Å². The molecule has 2 aromatic carbocycles. The topological polar surface area (TPSA) is 80.4 Å². The first-order valence-corrected chi connectivity index (χ1v) is 7.30. The molecule has 120 valence electrons. The summed E-state index contributed by atoms with van der Waals surface area (Å²) in [5.74, 6) is -2.76. The van der Waals surface area contributed by atoms with Crippen LogP contribution in [0.3, 0.4) is 0 Å². The number of hydrogen-bond acceptors (Lipinski definition) is 3. The van der Waals surface area contributed by atoms with E-state index in [2.05, 4.69) is 0 Å². The van der Waals surface area contributed by atoms with Crippen molar-refractivity contribution >= 4 is 23.4 Å². The van der Waals surface area contributed by atoms with Gasteiger partial charge in [0, 0.05) is 23.0 Å². The number of ketones is 1. The van der Waals surface area contributed by atoms with E-state index in [1.807, 2.05) is 0 Å². The SMILES string of the molecule is N[C@@H](CC(=O)C(=O)O)Cc1ccc(-c2cc(Cl)ccc2F)cc1. The lowest BCUT2D eigenvalue weighted by Gasteiger charge is -2.10. The molecule has 6 heteroatoms. The number of Topliss-reactive ketones (excluding diaryl/α,β-unsaturated/α-hetero) is 1. The van der Waals surface area contributed by atoms with Gasteiger partial charge < -0.3 is 10.8 Å². The van der Waals surface area contributed by atoms with Crippen LogP contribution in [0.25, 0.3) is 11.1 Å². The Hall–Kier alpha value is -2.24. The quantitative estimate of drug-likeness (QED) is 0.795. The van der Waals surface area contributed by atoms with Gasteiger partial charge in [-0.3, -0.25) is 4.79 Å². The molecule has 2 aromatic rings. The zero-order chi connectivity index (χ0) is 17.0. The summed E-state index contributed by atoms with van der Waals surface area (Å²) in [7, 11) is 0. The van der Waals surface area contributed by atoms with Gasteiger partial charge in [0.1, 0.15) is 5.82 Å². The molecule has 2 rings (SSSR count). The van der Waals surface area contributed by atoms with Gasteiger partial charge in [-0.05, 0) is 35.7 Å². The van der Waals surface area contributed by atoms with Crippen LogP contribution in [0.5, 0.6) is 0 Å². The molecule has 0 saturated heterocycles. The fourth-order valence-electron chi connectivity index (χ4n) is 2.24. The molecule has 1 atom stereocenters. The average Bonchev–Trinajstić information content (AvgIpc) is 2.50. The van der Waals surface area contributed by atoms with E-state index in [1.54, 1.807) is 30.3 Å². The summed E-state index contributed by atoms with van der Waals surface area (Å²) in [6.07, 6.45) is 0.136. The molecule has 0 heterocycles.